The van der Waals surface area contributed by atoms with E-state index >= 15 is 0 Å². The number of aliphatic hydroxyl groups is 1. The highest BCUT2D eigenvalue weighted by atomic mass is 32.2. The van der Waals surface area contributed by atoms with Crippen LogP contribution in [0.5, 0.6) is 0 Å². The quantitative estimate of drug-likeness (QED) is 0.265. The van der Waals surface area contributed by atoms with E-state index in [9.17, 15) is 13.5 Å². The molecule has 0 aromatic heterocycles. The number of rotatable bonds is 6. The highest BCUT2D eigenvalue weighted by Gasteiger charge is 2.50. The van der Waals surface area contributed by atoms with Crippen molar-refractivity contribution in [2.24, 2.45) is 35.0 Å². The second kappa shape index (κ2) is 13.8. The van der Waals surface area contributed by atoms with Gasteiger partial charge in [0.2, 0.25) is 0 Å². The molecule has 222 valence electrons. The lowest BCUT2D eigenvalue weighted by Crippen LogP contribution is -2.35. The summed E-state index contributed by atoms with van der Waals surface area (Å²) in [5, 5.41) is 10.0. The van der Waals surface area contributed by atoms with Crippen LogP contribution in [0, 0.1) is 41.9 Å². The van der Waals surface area contributed by atoms with Gasteiger partial charge in [-0.2, -0.15) is 8.42 Å². The minimum absolute atomic E-state index is 0.0666. The van der Waals surface area contributed by atoms with Gasteiger partial charge in [0.25, 0.3) is 10.1 Å². The highest BCUT2D eigenvalue weighted by Crippen LogP contribution is 2.59. The molecular weight excluding hydrogens is 516 g/mol. The molecule has 3 aliphatic rings. The first-order valence-electron chi connectivity index (χ1n) is 15.2. The van der Waals surface area contributed by atoms with Crippen molar-refractivity contribution in [1.82, 2.24) is 0 Å². The third-order valence-corrected chi connectivity index (χ3v) is 10.8. The van der Waals surface area contributed by atoms with Crippen molar-refractivity contribution < 1.29 is 18.1 Å². The molecule has 4 rings (SSSR count). The topological polar surface area (TPSA) is 74.6 Å². The smallest absolute Gasteiger partial charge is 0.294 e. The Balaban J connectivity index is 0.000000336. The first-order valence-corrected chi connectivity index (χ1v) is 16.6. The van der Waals surface area contributed by atoms with E-state index in [1.165, 1.54) is 55.4 Å². The summed E-state index contributed by atoms with van der Waals surface area (Å²) in [4.78, 5) is -0.0666. The van der Waals surface area contributed by atoms with Crippen LogP contribution in [-0.4, -0.2) is 24.2 Å². The van der Waals surface area contributed by atoms with Crippen molar-refractivity contribution in [2.75, 3.05) is 0 Å². The zero-order chi connectivity index (χ0) is 29.7. The Kier molecular flexibility index (Phi) is 11.2. The second-order valence-corrected chi connectivity index (χ2v) is 14.6. The summed E-state index contributed by atoms with van der Waals surface area (Å²) >= 11 is 0. The fraction of sp³-hybridized carbons (Fsp3) is 0.600. The van der Waals surface area contributed by atoms with Crippen LogP contribution in [0.25, 0.3) is 0 Å². The molecule has 6 atom stereocenters. The molecule has 1 aromatic carbocycles. The van der Waals surface area contributed by atoms with Crippen LogP contribution >= 0.6 is 0 Å². The number of aryl methyl sites for hydroxylation is 1. The number of hydrogen-bond acceptors (Lipinski definition) is 3. The lowest BCUT2D eigenvalue weighted by molar-refractivity contribution is 0.112. The Morgan fingerprint density at radius 1 is 1.00 bits per heavy atom. The Morgan fingerprint density at radius 2 is 1.68 bits per heavy atom. The Labute approximate surface area is 244 Å². The lowest BCUT2D eigenvalue weighted by atomic mass is 9.61. The normalized spacial score (nSPS) is 30.8. The van der Waals surface area contributed by atoms with Crippen LogP contribution in [0.2, 0.25) is 0 Å². The molecule has 0 spiro atoms. The van der Waals surface area contributed by atoms with Gasteiger partial charge in [-0.05, 0) is 111 Å². The first-order chi connectivity index (χ1) is 18.7. The van der Waals surface area contributed by atoms with Gasteiger partial charge in [-0.1, -0.05) is 94.3 Å². The van der Waals surface area contributed by atoms with Gasteiger partial charge >= 0.3 is 0 Å². The van der Waals surface area contributed by atoms with E-state index in [4.69, 9.17) is 4.55 Å². The van der Waals surface area contributed by atoms with Gasteiger partial charge in [0.1, 0.15) is 0 Å². The molecule has 5 heteroatoms. The molecule has 0 unspecified atom stereocenters. The Hall–Kier alpha value is -1.95. The van der Waals surface area contributed by atoms with Crippen molar-refractivity contribution in [3.05, 3.63) is 77.4 Å². The third-order valence-electron chi connectivity index (χ3n) is 9.95. The molecule has 0 amide bonds. The first kappa shape index (κ1) is 32.6. The molecule has 0 bridgehead atoms. The predicted molar refractivity (Wildman–Crippen MR) is 167 cm³/mol. The molecular formula is C35H52O4S. The maximum atomic E-state index is 10.5. The van der Waals surface area contributed by atoms with Gasteiger partial charge in [-0.25, -0.2) is 0 Å². The van der Waals surface area contributed by atoms with Gasteiger partial charge in [-0.3, -0.25) is 4.55 Å². The minimum atomic E-state index is -4.02. The van der Waals surface area contributed by atoms with Crippen LogP contribution in [0.4, 0.5) is 0 Å². The van der Waals surface area contributed by atoms with E-state index in [1.54, 1.807) is 17.7 Å². The van der Waals surface area contributed by atoms with E-state index in [-0.39, 0.29) is 11.0 Å². The van der Waals surface area contributed by atoms with E-state index in [2.05, 4.69) is 65.5 Å². The van der Waals surface area contributed by atoms with Crippen molar-refractivity contribution in [3.8, 4) is 0 Å². The number of fused-ring (bicyclic) bond motifs is 1. The van der Waals surface area contributed by atoms with Crippen molar-refractivity contribution in [1.29, 1.82) is 0 Å². The summed E-state index contributed by atoms with van der Waals surface area (Å²) < 4.78 is 29.6. The van der Waals surface area contributed by atoms with Gasteiger partial charge in [0.15, 0.2) is 0 Å². The molecule has 40 heavy (non-hydrogen) atoms. The standard InChI is InChI=1S/C28H44O.C7H8O3S/c1-19(2)20(3)9-10-22(5)26-15-16-27-23(8-7-17-28(26,27)6)12-13-24-18-25(29)14-11-21(24)4;1-6-2-4-7(5-3-6)11(8,9)10/h9-10,12-13,19-20,22,25-27,29H,4,7-8,11,14-18H2,1-3,5-6H3;2-5H,1H3,(H,8,9,10)/t20-,22+,25-,26+,27-,28+;/m0./s1. The molecule has 0 aliphatic heterocycles. The number of benzene rings is 1. The molecule has 0 heterocycles. The van der Waals surface area contributed by atoms with Gasteiger partial charge < -0.3 is 5.11 Å². The summed E-state index contributed by atoms with van der Waals surface area (Å²) in [7, 11) is -4.02. The molecule has 1 aromatic rings. The molecule has 3 fully saturated rings. The summed E-state index contributed by atoms with van der Waals surface area (Å²) in [5.74, 6) is 3.58. The average Bonchev–Trinajstić information content (AvgIpc) is 3.25. The second-order valence-electron chi connectivity index (χ2n) is 13.2. The molecule has 3 saturated carbocycles. The number of allylic oxidation sites excluding steroid dienone is 6. The monoisotopic (exact) mass is 568 g/mol. The summed E-state index contributed by atoms with van der Waals surface area (Å²) in [6.45, 7) is 18.1. The van der Waals surface area contributed by atoms with E-state index in [1.807, 2.05) is 6.92 Å². The van der Waals surface area contributed by atoms with Crippen LogP contribution in [-0.2, 0) is 10.1 Å². The van der Waals surface area contributed by atoms with Crippen LogP contribution in [0.15, 0.2) is 76.8 Å². The van der Waals surface area contributed by atoms with Crippen LogP contribution < -0.4 is 0 Å². The highest BCUT2D eigenvalue weighted by molar-refractivity contribution is 7.85. The summed E-state index contributed by atoms with van der Waals surface area (Å²) in [5.41, 5.74) is 5.56. The molecule has 2 N–H and O–H groups in total. The zero-order valence-corrected chi connectivity index (χ0v) is 26.4. The lowest BCUT2D eigenvalue weighted by Gasteiger charge is -2.44. The fourth-order valence-corrected chi connectivity index (χ4v) is 7.44. The molecule has 3 aliphatic carbocycles. The van der Waals surface area contributed by atoms with Crippen LogP contribution in [0.3, 0.4) is 0 Å². The molecule has 0 radical (unpaired) electrons. The number of hydrogen-bond donors (Lipinski definition) is 2. The van der Waals surface area contributed by atoms with Gasteiger partial charge in [0.05, 0.1) is 11.0 Å². The van der Waals surface area contributed by atoms with Gasteiger partial charge in [-0.15, -0.1) is 0 Å². The summed E-state index contributed by atoms with van der Waals surface area (Å²) in [6, 6.07) is 5.99. The zero-order valence-electron chi connectivity index (χ0n) is 25.6. The third kappa shape index (κ3) is 8.30. The summed E-state index contributed by atoms with van der Waals surface area (Å²) in [6.07, 6.45) is 18.8. The maximum Gasteiger partial charge on any atom is 0.294 e. The van der Waals surface area contributed by atoms with E-state index in [0.29, 0.717) is 17.3 Å². The Bertz CT molecular complexity index is 1200. The minimum Gasteiger partial charge on any atom is -0.393 e. The van der Waals surface area contributed by atoms with Gasteiger partial charge in [0, 0.05) is 0 Å². The van der Waals surface area contributed by atoms with Crippen LogP contribution in [0.1, 0.15) is 91.5 Å². The van der Waals surface area contributed by atoms with Crippen molar-refractivity contribution >= 4 is 10.1 Å². The largest absolute Gasteiger partial charge is 0.393 e. The SMILES string of the molecule is C=C1CC[C@H](O)CC1=CC=C1CCC[C@]2(C)[C@@H]([C@H](C)C=C[C@H](C)C(C)C)CC[C@@H]12.Cc1ccc(S(=O)(=O)O)cc1. The number of aliphatic hydroxyl groups excluding tert-OH is 1. The molecule has 0 saturated heterocycles. The fourth-order valence-electron chi connectivity index (χ4n) is 6.96. The maximum absolute atomic E-state index is 10.5. The predicted octanol–water partition coefficient (Wildman–Crippen LogP) is 8.88. The van der Waals surface area contributed by atoms with E-state index in [0.717, 1.165) is 42.6 Å². The van der Waals surface area contributed by atoms with Crippen molar-refractivity contribution in [2.45, 2.75) is 104 Å². The molecule has 4 nitrogen and oxygen atoms in total. The Morgan fingerprint density at radius 3 is 2.30 bits per heavy atom. The van der Waals surface area contributed by atoms with Crippen molar-refractivity contribution in [3.63, 3.8) is 0 Å². The van der Waals surface area contributed by atoms with E-state index < -0.39 is 10.1 Å². The average molecular weight is 569 g/mol.